The molecule has 0 unspecified atom stereocenters. The molecule has 5 heteroatoms. The number of aliphatic carboxylic acids is 1. The van der Waals surface area contributed by atoms with Gasteiger partial charge in [-0.15, -0.1) is 0 Å². The second-order valence-electron chi connectivity index (χ2n) is 3.58. The first-order valence-corrected chi connectivity index (χ1v) is 5.36. The average molecular weight is 242 g/mol. The molecule has 0 aliphatic carbocycles. The molecule has 2 N–H and O–H groups in total. The molecule has 0 aromatic carbocycles. The first kappa shape index (κ1) is 15.4. The van der Waals surface area contributed by atoms with Crippen LogP contribution in [-0.2, 0) is 14.3 Å². The first-order valence-electron chi connectivity index (χ1n) is 5.36. The molecule has 0 aliphatic rings. The maximum Gasteiger partial charge on any atom is 0.333 e. The van der Waals surface area contributed by atoms with Gasteiger partial charge >= 0.3 is 11.9 Å². The van der Waals surface area contributed by atoms with Crippen LogP contribution in [0.25, 0.3) is 0 Å². The van der Waals surface area contributed by atoms with Gasteiger partial charge in [0.05, 0.1) is 6.61 Å². The molecular formula is C12H18O5. The molecule has 0 aliphatic heterocycles. The van der Waals surface area contributed by atoms with E-state index in [9.17, 15) is 9.59 Å². The number of esters is 1. The Morgan fingerprint density at radius 2 is 1.71 bits per heavy atom. The second kappa shape index (κ2) is 8.52. The number of ether oxygens (including phenoxy) is 1. The number of rotatable bonds is 9. The molecule has 0 rings (SSSR count). The number of hydrogen-bond donors (Lipinski definition) is 2. The summed E-state index contributed by atoms with van der Waals surface area (Å²) in [4.78, 5) is 21.6. The summed E-state index contributed by atoms with van der Waals surface area (Å²) in [5.74, 6) is -1.52. The third-order valence-electron chi connectivity index (χ3n) is 2.11. The minimum atomic E-state index is -1.00. The summed E-state index contributed by atoms with van der Waals surface area (Å²) in [5.41, 5.74) is 0.392. The predicted molar refractivity (Wildman–Crippen MR) is 62.4 cm³/mol. The van der Waals surface area contributed by atoms with Gasteiger partial charge in [-0.05, 0) is 19.3 Å². The molecule has 0 aromatic heterocycles. The zero-order valence-electron chi connectivity index (χ0n) is 9.78. The fourth-order valence-corrected chi connectivity index (χ4v) is 1.05. The summed E-state index contributed by atoms with van der Waals surface area (Å²) >= 11 is 0. The summed E-state index contributed by atoms with van der Waals surface area (Å²) < 4.78 is 4.87. The van der Waals surface area contributed by atoms with E-state index in [4.69, 9.17) is 14.9 Å². The van der Waals surface area contributed by atoms with E-state index in [1.807, 2.05) is 0 Å². The molecule has 0 bridgehead atoms. The van der Waals surface area contributed by atoms with Crippen molar-refractivity contribution in [3.63, 3.8) is 0 Å². The van der Waals surface area contributed by atoms with Crippen LogP contribution in [0.1, 0.15) is 25.7 Å². The van der Waals surface area contributed by atoms with Crippen molar-refractivity contribution in [3.05, 3.63) is 24.3 Å². The summed E-state index contributed by atoms with van der Waals surface area (Å²) in [6.07, 6.45) is 1.76. The van der Waals surface area contributed by atoms with E-state index in [2.05, 4.69) is 13.2 Å². The SMILES string of the molecule is C=C(CCCCOC(=O)C(=C)CCO)C(=O)O. The number of hydrogen-bond acceptors (Lipinski definition) is 4. The Kier molecular flexibility index (Phi) is 7.71. The second-order valence-corrected chi connectivity index (χ2v) is 3.58. The van der Waals surface area contributed by atoms with Crippen LogP contribution < -0.4 is 0 Å². The largest absolute Gasteiger partial charge is 0.478 e. The first-order chi connectivity index (χ1) is 7.99. The Labute approximate surface area is 100 Å². The molecule has 0 saturated heterocycles. The molecule has 0 amide bonds. The van der Waals surface area contributed by atoms with Crippen molar-refractivity contribution in [2.45, 2.75) is 25.7 Å². The van der Waals surface area contributed by atoms with Crippen LogP contribution in [0.3, 0.4) is 0 Å². The lowest BCUT2D eigenvalue weighted by Crippen LogP contribution is -2.09. The lowest BCUT2D eigenvalue weighted by atomic mass is 10.1. The van der Waals surface area contributed by atoms with Crippen LogP contribution >= 0.6 is 0 Å². The molecular weight excluding hydrogens is 224 g/mol. The Balaban J connectivity index is 3.58. The highest BCUT2D eigenvalue weighted by Crippen LogP contribution is 2.06. The molecule has 5 nitrogen and oxygen atoms in total. The van der Waals surface area contributed by atoms with Crippen molar-refractivity contribution < 1.29 is 24.5 Å². The molecule has 0 fully saturated rings. The van der Waals surface area contributed by atoms with Crippen LogP contribution in [-0.4, -0.2) is 35.4 Å². The number of carboxylic acid groups (broad SMARTS) is 1. The average Bonchev–Trinajstić information content (AvgIpc) is 2.28. The van der Waals surface area contributed by atoms with Crippen molar-refractivity contribution in [2.75, 3.05) is 13.2 Å². The van der Waals surface area contributed by atoms with Gasteiger partial charge in [0.1, 0.15) is 0 Å². The van der Waals surface area contributed by atoms with Crippen molar-refractivity contribution in [1.29, 1.82) is 0 Å². The summed E-state index contributed by atoms with van der Waals surface area (Å²) in [6.45, 7) is 6.94. The quantitative estimate of drug-likeness (QED) is 0.361. The topological polar surface area (TPSA) is 83.8 Å². The zero-order chi connectivity index (χ0) is 13.3. The highest BCUT2D eigenvalue weighted by atomic mass is 16.5. The fourth-order valence-electron chi connectivity index (χ4n) is 1.05. The maximum absolute atomic E-state index is 11.2. The van der Waals surface area contributed by atoms with E-state index in [1.54, 1.807) is 0 Å². The standard InChI is InChI=1S/C12H18O5/c1-9(11(14)15)5-3-4-8-17-12(16)10(2)6-7-13/h13H,1-8H2,(H,14,15). The molecule has 96 valence electrons. The Bertz CT molecular complexity index is 306. The minimum absolute atomic E-state index is 0.133. The van der Waals surface area contributed by atoms with Gasteiger partial charge in [0.15, 0.2) is 0 Å². The summed E-state index contributed by atoms with van der Waals surface area (Å²) in [5, 5.41) is 17.1. The molecule has 17 heavy (non-hydrogen) atoms. The van der Waals surface area contributed by atoms with Crippen molar-refractivity contribution in [3.8, 4) is 0 Å². The van der Waals surface area contributed by atoms with E-state index in [-0.39, 0.29) is 30.8 Å². The van der Waals surface area contributed by atoms with Crippen LogP contribution in [0, 0.1) is 0 Å². The normalized spacial score (nSPS) is 9.71. The fraction of sp³-hybridized carbons (Fsp3) is 0.500. The van der Waals surface area contributed by atoms with Crippen molar-refractivity contribution in [1.82, 2.24) is 0 Å². The van der Waals surface area contributed by atoms with Crippen molar-refractivity contribution >= 4 is 11.9 Å². The lowest BCUT2D eigenvalue weighted by molar-refractivity contribution is -0.139. The Morgan fingerprint density at radius 3 is 2.24 bits per heavy atom. The molecule has 0 spiro atoms. The number of carboxylic acids is 1. The highest BCUT2D eigenvalue weighted by Gasteiger charge is 2.07. The van der Waals surface area contributed by atoms with Gasteiger partial charge < -0.3 is 14.9 Å². The summed E-state index contributed by atoms with van der Waals surface area (Å²) in [7, 11) is 0. The van der Waals surface area contributed by atoms with Gasteiger partial charge in [0, 0.05) is 24.2 Å². The van der Waals surface area contributed by atoms with E-state index >= 15 is 0 Å². The smallest absolute Gasteiger partial charge is 0.333 e. The van der Waals surface area contributed by atoms with Gasteiger partial charge in [-0.3, -0.25) is 0 Å². The lowest BCUT2D eigenvalue weighted by Gasteiger charge is -2.06. The number of carbonyl (C=O) groups is 2. The van der Waals surface area contributed by atoms with Gasteiger partial charge in [0.25, 0.3) is 0 Å². The third kappa shape index (κ3) is 7.30. The molecule has 0 heterocycles. The predicted octanol–water partition coefficient (Wildman–Crippen LogP) is 1.28. The van der Waals surface area contributed by atoms with E-state index in [0.717, 1.165) is 0 Å². The zero-order valence-corrected chi connectivity index (χ0v) is 9.78. The highest BCUT2D eigenvalue weighted by molar-refractivity contribution is 5.87. The minimum Gasteiger partial charge on any atom is -0.478 e. The number of aliphatic hydroxyl groups is 1. The maximum atomic E-state index is 11.2. The van der Waals surface area contributed by atoms with Gasteiger partial charge in [0.2, 0.25) is 0 Å². The molecule has 0 radical (unpaired) electrons. The Morgan fingerprint density at radius 1 is 1.06 bits per heavy atom. The van der Waals surface area contributed by atoms with E-state index in [0.29, 0.717) is 19.3 Å². The molecule has 0 atom stereocenters. The molecule has 0 saturated carbocycles. The van der Waals surface area contributed by atoms with Crippen LogP contribution in [0.4, 0.5) is 0 Å². The van der Waals surface area contributed by atoms with Crippen LogP contribution in [0.5, 0.6) is 0 Å². The van der Waals surface area contributed by atoms with Crippen molar-refractivity contribution in [2.24, 2.45) is 0 Å². The van der Waals surface area contributed by atoms with Gasteiger partial charge in [-0.2, -0.15) is 0 Å². The summed E-state index contributed by atoms with van der Waals surface area (Å²) in [6, 6.07) is 0. The van der Waals surface area contributed by atoms with Crippen LogP contribution in [0.15, 0.2) is 24.3 Å². The van der Waals surface area contributed by atoms with Gasteiger partial charge in [-0.25, -0.2) is 9.59 Å². The Hall–Kier alpha value is -1.62. The monoisotopic (exact) mass is 242 g/mol. The van der Waals surface area contributed by atoms with E-state index < -0.39 is 11.9 Å². The molecule has 0 aromatic rings. The van der Waals surface area contributed by atoms with Crippen LogP contribution in [0.2, 0.25) is 0 Å². The number of unbranched alkanes of at least 4 members (excludes halogenated alkanes) is 1. The third-order valence-corrected chi connectivity index (χ3v) is 2.11. The van der Waals surface area contributed by atoms with E-state index in [1.165, 1.54) is 0 Å². The number of carbonyl (C=O) groups excluding carboxylic acids is 1. The van der Waals surface area contributed by atoms with Gasteiger partial charge in [-0.1, -0.05) is 13.2 Å². The number of aliphatic hydroxyl groups excluding tert-OH is 1.